The van der Waals surface area contributed by atoms with E-state index in [0.29, 0.717) is 5.56 Å². The molecule has 7 heteroatoms. The fourth-order valence-corrected chi connectivity index (χ4v) is 3.31. The minimum absolute atomic E-state index is 0. The smallest absolute Gasteiger partial charge is 0.139 e. The zero-order valence-corrected chi connectivity index (χ0v) is 16.2. The third-order valence-corrected chi connectivity index (χ3v) is 4.44. The van der Waals surface area contributed by atoms with Crippen molar-refractivity contribution in [3.8, 4) is 11.8 Å². The summed E-state index contributed by atoms with van der Waals surface area (Å²) in [5.74, 6) is 0.0802. The van der Waals surface area contributed by atoms with Gasteiger partial charge in [-0.2, -0.15) is 5.26 Å². The molecule has 1 saturated heterocycles. The highest BCUT2D eigenvalue weighted by Gasteiger charge is 2.27. The number of nitrogens with one attached hydrogen (secondary N) is 1. The number of benzene rings is 1. The van der Waals surface area contributed by atoms with Gasteiger partial charge in [0.05, 0.1) is 5.56 Å². The van der Waals surface area contributed by atoms with Gasteiger partial charge in [-0.05, 0) is 25.5 Å². The van der Waals surface area contributed by atoms with Crippen LogP contribution in [0, 0.1) is 11.3 Å². The number of phenolic OH excluding ortho intramolecular Hbond substituents is 1. The Morgan fingerprint density at radius 2 is 2.04 bits per heavy atom. The lowest BCUT2D eigenvalue weighted by Gasteiger charge is -2.36. The van der Waals surface area contributed by atoms with Crippen LogP contribution in [0.25, 0.3) is 0 Å². The number of piperazine rings is 1. The van der Waals surface area contributed by atoms with Crippen molar-refractivity contribution < 1.29 is 5.11 Å². The van der Waals surface area contributed by atoms with E-state index >= 15 is 0 Å². The number of hydrogen-bond donors (Lipinski definition) is 2. The minimum atomic E-state index is 0. The molecular formula is C16H22BrCl2N3O. The third kappa shape index (κ3) is 5.37. The van der Waals surface area contributed by atoms with Crippen LogP contribution in [0.3, 0.4) is 0 Å². The van der Waals surface area contributed by atoms with Gasteiger partial charge in [-0.1, -0.05) is 21.5 Å². The molecule has 128 valence electrons. The number of nitriles is 1. The summed E-state index contributed by atoms with van der Waals surface area (Å²) in [7, 11) is 0. The summed E-state index contributed by atoms with van der Waals surface area (Å²) in [5.41, 5.74) is 2.17. The Kier molecular flexibility index (Phi) is 9.83. The molecule has 0 aromatic heterocycles. The Balaban J connectivity index is 0.00000242. The zero-order chi connectivity index (χ0) is 15.4. The number of aromatic hydroxyl groups is 1. The molecule has 1 aliphatic heterocycles. The van der Waals surface area contributed by atoms with Gasteiger partial charge in [0.25, 0.3) is 0 Å². The van der Waals surface area contributed by atoms with Crippen molar-refractivity contribution in [1.29, 1.82) is 5.26 Å². The Morgan fingerprint density at radius 1 is 1.43 bits per heavy atom. The summed E-state index contributed by atoms with van der Waals surface area (Å²) >= 11 is 3.53. The SMILES string of the molecule is C=C(C)C[C@H](c1c(Br)ccc(C#N)c1O)N1CCNCC1.Cl.Cl. The van der Waals surface area contributed by atoms with Gasteiger partial charge < -0.3 is 10.4 Å². The normalized spacial score (nSPS) is 15.7. The third-order valence-electron chi connectivity index (χ3n) is 3.75. The molecule has 1 aromatic carbocycles. The second-order valence-electron chi connectivity index (χ2n) is 5.43. The molecule has 1 fully saturated rings. The van der Waals surface area contributed by atoms with E-state index in [0.717, 1.165) is 48.2 Å². The number of hydrogen-bond acceptors (Lipinski definition) is 4. The Labute approximate surface area is 158 Å². The molecule has 1 atom stereocenters. The van der Waals surface area contributed by atoms with E-state index in [1.807, 2.05) is 19.1 Å². The van der Waals surface area contributed by atoms with E-state index in [-0.39, 0.29) is 36.6 Å². The van der Waals surface area contributed by atoms with Gasteiger partial charge in [-0.3, -0.25) is 4.90 Å². The van der Waals surface area contributed by atoms with Crippen molar-refractivity contribution in [2.75, 3.05) is 26.2 Å². The molecule has 1 heterocycles. The highest BCUT2D eigenvalue weighted by atomic mass is 79.9. The van der Waals surface area contributed by atoms with Crippen LogP contribution in [-0.2, 0) is 0 Å². The number of rotatable bonds is 4. The highest BCUT2D eigenvalue weighted by Crippen LogP contribution is 2.40. The molecule has 0 spiro atoms. The van der Waals surface area contributed by atoms with Crippen molar-refractivity contribution in [1.82, 2.24) is 10.2 Å². The molecule has 0 unspecified atom stereocenters. The lowest BCUT2D eigenvalue weighted by molar-refractivity contribution is 0.169. The number of phenols is 1. The summed E-state index contributed by atoms with van der Waals surface area (Å²) in [6.45, 7) is 9.71. The summed E-state index contributed by atoms with van der Waals surface area (Å²) in [5, 5.41) is 22.9. The van der Waals surface area contributed by atoms with Crippen molar-refractivity contribution in [2.45, 2.75) is 19.4 Å². The number of nitrogens with zero attached hydrogens (tertiary/aromatic N) is 2. The second kappa shape index (κ2) is 10.2. The van der Waals surface area contributed by atoms with E-state index in [9.17, 15) is 5.11 Å². The van der Waals surface area contributed by atoms with Crippen molar-refractivity contribution >= 4 is 40.7 Å². The van der Waals surface area contributed by atoms with Crippen LogP contribution in [0.15, 0.2) is 28.8 Å². The highest BCUT2D eigenvalue weighted by molar-refractivity contribution is 9.10. The van der Waals surface area contributed by atoms with Crippen molar-refractivity contribution in [3.05, 3.63) is 39.9 Å². The lowest BCUT2D eigenvalue weighted by atomic mass is 9.95. The molecule has 0 aliphatic carbocycles. The zero-order valence-electron chi connectivity index (χ0n) is 13.0. The first-order valence-electron chi connectivity index (χ1n) is 7.05. The average Bonchev–Trinajstić information content (AvgIpc) is 2.47. The van der Waals surface area contributed by atoms with Crippen LogP contribution in [0.1, 0.15) is 30.5 Å². The molecule has 1 aromatic rings. The largest absolute Gasteiger partial charge is 0.506 e. The topological polar surface area (TPSA) is 59.3 Å². The molecule has 0 amide bonds. The van der Waals surface area contributed by atoms with E-state index < -0.39 is 0 Å². The second-order valence-corrected chi connectivity index (χ2v) is 6.29. The quantitative estimate of drug-likeness (QED) is 0.724. The Bertz CT molecular complexity index is 583. The Morgan fingerprint density at radius 3 is 2.57 bits per heavy atom. The maximum Gasteiger partial charge on any atom is 0.139 e. The fourth-order valence-electron chi connectivity index (χ4n) is 2.73. The van der Waals surface area contributed by atoms with E-state index in [4.69, 9.17) is 5.26 Å². The van der Waals surface area contributed by atoms with E-state index in [2.05, 4.69) is 32.7 Å². The molecule has 0 saturated carbocycles. The van der Waals surface area contributed by atoms with Gasteiger partial charge in [0, 0.05) is 42.3 Å². The first-order chi connectivity index (χ1) is 10.0. The molecule has 1 aliphatic rings. The van der Waals surface area contributed by atoms with Crippen LogP contribution < -0.4 is 5.32 Å². The van der Waals surface area contributed by atoms with Gasteiger partial charge in [-0.25, -0.2) is 0 Å². The molecule has 2 N–H and O–H groups in total. The average molecular weight is 423 g/mol. The maximum atomic E-state index is 10.5. The lowest BCUT2D eigenvalue weighted by Crippen LogP contribution is -2.45. The standard InChI is InChI=1S/C16H20BrN3O.2ClH/c1-11(2)9-14(20-7-5-19-6-8-20)15-13(17)4-3-12(10-18)16(15)21;;/h3-4,14,19,21H,1,5-9H2,2H3;2*1H/t14-;;/m1../s1. The predicted molar refractivity (Wildman–Crippen MR) is 102 cm³/mol. The molecular weight excluding hydrogens is 401 g/mol. The molecule has 23 heavy (non-hydrogen) atoms. The monoisotopic (exact) mass is 421 g/mol. The first kappa shape index (κ1) is 22.2. The van der Waals surface area contributed by atoms with Crippen LogP contribution in [-0.4, -0.2) is 36.2 Å². The molecule has 0 bridgehead atoms. The van der Waals surface area contributed by atoms with Crippen LogP contribution in [0.4, 0.5) is 0 Å². The van der Waals surface area contributed by atoms with E-state index in [1.54, 1.807) is 6.07 Å². The van der Waals surface area contributed by atoms with Crippen LogP contribution in [0.2, 0.25) is 0 Å². The minimum Gasteiger partial charge on any atom is -0.506 e. The van der Waals surface area contributed by atoms with Crippen LogP contribution >= 0.6 is 40.7 Å². The summed E-state index contributed by atoms with van der Waals surface area (Å²) in [6, 6.07) is 5.56. The summed E-state index contributed by atoms with van der Waals surface area (Å²) < 4.78 is 0.837. The van der Waals surface area contributed by atoms with Gasteiger partial charge in [0.2, 0.25) is 0 Å². The van der Waals surface area contributed by atoms with Gasteiger partial charge >= 0.3 is 0 Å². The number of halogens is 3. The summed E-state index contributed by atoms with van der Waals surface area (Å²) in [6.07, 6.45) is 0.765. The van der Waals surface area contributed by atoms with E-state index in [1.165, 1.54) is 0 Å². The van der Waals surface area contributed by atoms with Crippen molar-refractivity contribution in [2.24, 2.45) is 0 Å². The van der Waals surface area contributed by atoms with Crippen LogP contribution in [0.5, 0.6) is 5.75 Å². The summed E-state index contributed by atoms with van der Waals surface area (Å²) in [4.78, 5) is 2.34. The maximum absolute atomic E-state index is 10.5. The molecule has 4 nitrogen and oxygen atoms in total. The predicted octanol–water partition coefficient (Wildman–Crippen LogP) is 3.78. The molecule has 0 radical (unpaired) electrons. The van der Waals surface area contributed by atoms with Crippen molar-refractivity contribution in [3.63, 3.8) is 0 Å². The first-order valence-corrected chi connectivity index (χ1v) is 7.84. The van der Waals surface area contributed by atoms with Gasteiger partial charge in [-0.15, -0.1) is 31.4 Å². The van der Waals surface area contributed by atoms with Gasteiger partial charge in [0.15, 0.2) is 0 Å². The molecule has 2 rings (SSSR count). The Hall–Kier alpha value is -0.770. The fraction of sp³-hybridized carbons (Fsp3) is 0.438. The van der Waals surface area contributed by atoms with Gasteiger partial charge in [0.1, 0.15) is 11.8 Å².